The number of halogens is 1. The van der Waals surface area contributed by atoms with Crippen LogP contribution in [0.4, 0.5) is 4.79 Å². The van der Waals surface area contributed by atoms with Crippen molar-refractivity contribution in [2.24, 2.45) is 0 Å². The molecule has 1 amide bonds. The van der Waals surface area contributed by atoms with Crippen molar-refractivity contribution >= 4 is 22.0 Å². The van der Waals surface area contributed by atoms with Crippen LogP contribution in [0.15, 0.2) is 16.6 Å². The van der Waals surface area contributed by atoms with Crippen molar-refractivity contribution in [1.82, 2.24) is 5.32 Å². The normalized spacial score (nSPS) is 10.3. The minimum absolute atomic E-state index is 0.127. The highest BCUT2D eigenvalue weighted by atomic mass is 79.9. The van der Waals surface area contributed by atoms with Crippen LogP contribution in [0, 0.1) is 0 Å². The Morgan fingerprint density at radius 3 is 2.45 bits per heavy atom. The van der Waals surface area contributed by atoms with Gasteiger partial charge in [-0.15, -0.1) is 0 Å². The van der Waals surface area contributed by atoms with Crippen LogP contribution >= 0.6 is 15.9 Å². The number of benzene rings is 1. The Morgan fingerprint density at radius 2 is 1.90 bits per heavy atom. The molecule has 0 atom stereocenters. The summed E-state index contributed by atoms with van der Waals surface area (Å²) in [7, 11) is 3.22. The third-order valence-corrected chi connectivity index (χ3v) is 3.18. The molecule has 0 radical (unpaired) electrons. The van der Waals surface area contributed by atoms with Gasteiger partial charge in [-0.05, 0) is 53.9 Å². The Morgan fingerprint density at radius 1 is 1.25 bits per heavy atom. The van der Waals surface area contributed by atoms with Gasteiger partial charge in [0.05, 0.1) is 24.8 Å². The van der Waals surface area contributed by atoms with Crippen LogP contribution in [0.25, 0.3) is 0 Å². The number of amides is 1. The molecule has 1 aromatic carbocycles. The summed E-state index contributed by atoms with van der Waals surface area (Å²) in [5.74, 6) is 1.47. The standard InChI is InChI=1S/C14H20BrNO4/c1-9(2)20-14(17)16-6-5-10-7-13(19-4)11(15)8-12(10)18-3/h7-9H,5-6H2,1-4H3,(H,16,17). The van der Waals surface area contributed by atoms with Crippen molar-refractivity contribution in [2.75, 3.05) is 20.8 Å². The van der Waals surface area contributed by atoms with Crippen molar-refractivity contribution in [3.63, 3.8) is 0 Å². The van der Waals surface area contributed by atoms with Crippen molar-refractivity contribution in [3.05, 3.63) is 22.2 Å². The Kier molecular flexibility index (Phi) is 6.64. The number of nitrogens with one attached hydrogen (secondary N) is 1. The highest BCUT2D eigenvalue weighted by Gasteiger charge is 2.10. The lowest BCUT2D eigenvalue weighted by Crippen LogP contribution is -2.28. The Labute approximate surface area is 127 Å². The van der Waals surface area contributed by atoms with E-state index >= 15 is 0 Å². The highest BCUT2D eigenvalue weighted by molar-refractivity contribution is 9.10. The quantitative estimate of drug-likeness (QED) is 0.860. The first kappa shape index (κ1) is 16.6. The van der Waals surface area contributed by atoms with Gasteiger partial charge in [0.1, 0.15) is 11.5 Å². The summed E-state index contributed by atoms with van der Waals surface area (Å²) in [4.78, 5) is 11.4. The second-order valence-electron chi connectivity index (χ2n) is 4.43. The number of methoxy groups -OCH3 is 2. The second-order valence-corrected chi connectivity index (χ2v) is 5.28. The van der Waals surface area contributed by atoms with Crippen LogP contribution in [0.2, 0.25) is 0 Å². The number of rotatable bonds is 6. The maximum absolute atomic E-state index is 11.4. The molecule has 0 bridgehead atoms. The number of hydrogen-bond donors (Lipinski definition) is 1. The molecule has 1 rings (SSSR count). The molecule has 0 saturated carbocycles. The first-order valence-corrected chi connectivity index (χ1v) is 7.12. The van der Waals surface area contributed by atoms with Crippen LogP contribution < -0.4 is 14.8 Å². The minimum Gasteiger partial charge on any atom is -0.496 e. The molecule has 0 heterocycles. The van der Waals surface area contributed by atoms with E-state index in [1.165, 1.54) is 0 Å². The van der Waals surface area contributed by atoms with E-state index < -0.39 is 6.09 Å². The molecule has 1 N–H and O–H groups in total. The van der Waals surface area contributed by atoms with Crippen LogP contribution in [-0.4, -0.2) is 33.0 Å². The molecule has 20 heavy (non-hydrogen) atoms. The van der Waals surface area contributed by atoms with Gasteiger partial charge in [0.25, 0.3) is 0 Å². The number of carbonyl (C=O) groups is 1. The van der Waals surface area contributed by atoms with E-state index in [4.69, 9.17) is 14.2 Å². The van der Waals surface area contributed by atoms with Gasteiger partial charge in [0.15, 0.2) is 0 Å². The maximum Gasteiger partial charge on any atom is 0.407 e. The van der Waals surface area contributed by atoms with Crippen molar-refractivity contribution in [3.8, 4) is 11.5 Å². The summed E-state index contributed by atoms with van der Waals surface area (Å²) in [5.41, 5.74) is 0.956. The second kappa shape index (κ2) is 7.99. The average Bonchev–Trinajstić information content (AvgIpc) is 2.39. The monoisotopic (exact) mass is 345 g/mol. The predicted molar refractivity (Wildman–Crippen MR) is 80.6 cm³/mol. The molecule has 0 spiro atoms. The fourth-order valence-electron chi connectivity index (χ4n) is 1.67. The summed E-state index contributed by atoms with van der Waals surface area (Å²) < 4.78 is 16.4. The number of ether oxygens (including phenoxy) is 3. The van der Waals surface area contributed by atoms with Gasteiger partial charge in [-0.25, -0.2) is 4.79 Å². The van der Waals surface area contributed by atoms with Crippen LogP contribution in [-0.2, 0) is 11.2 Å². The topological polar surface area (TPSA) is 56.8 Å². The molecule has 6 heteroatoms. The highest BCUT2D eigenvalue weighted by Crippen LogP contribution is 2.32. The summed E-state index contributed by atoms with van der Waals surface area (Å²) in [5, 5.41) is 2.70. The van der Waals surface area contributed by atoms with E-state index in [-0.39, 0.29) is 6.10 Å². The van der Waals surface area contributed by atoms with Gasteiger partial charge < -0.3 is 19.5 Å². The van der Waals surface area contributed by atoms with Gasteiger partial charge in [-0.3, -0.25) is 0 Å². The Hall–Kier alpha value is -1.43. The van der Waals surface area contributed by atoms with Crippen molar-refractivity contribution < 1.29 is 19.0 Å². The molecule has 0 saturated heterocycles. The molecular formula is C14H20BrNO4. The van der Waals surface area contributed by atoms with Gasteiger partial charge in [-0.1, -0.05) is 0 Å². The number of alkyl carbamates (subject to hydrolysis) is 1. The zero-order chi connectivity index (χ0) is 15.1. The molecule has 0 aromatic heterocycles. The van der Waals surface area contributed by atoms with Crippen molar-refractivity contribution in [1.29, 1.82) is 0 Å². The summed E-state index contributed by atoms with van der Waals surface area (Å²) in [6, 6.07) is 3.74. The van der Waals surface area contributed by atoms with Gasteiger partial charge in [0.2, 0.25) is 0 Å². The SMILES string of the molecule is COc1cc(CCNC(=O)OC(C)C)c(OC)cc1Br. The van der Waals surface area contributed by atoms with Crippen LogP contribution in [0.3, 0.4) is 0 Å². The molecule has 0 unspecified atom stereocenters. The Bertz CT molecular complexity index is 463. The minimum atomic E-state index is -0.414. The molecular weight excluding hydrogens is 326 g/mol. The predicted octanol–water partition coefficient (Wildman–Crippen LogP) is 3.14. The number of carbonyl (C=O) groups excluding carboxylic acids is 1. The summed E-state index contributed by atoms with van der Waals surface area (Å²) >= 11 is 3.41. The van der Waals surface area contributed by atoms with E-state index in [0.717, 1.165) is 21.5 Å². The summed E-state index contributed by atoms with van der Waals surface area (Å²) in [6.45, 7) is 4.08. The molecule has 0 aliphatic heterocycles. The smallest absolute Gasteiger partial charge is 0.407 e. The molecule has 0 aliphatic rings. The van der Waals surface area contributed by atoms with E-state index in [2.05, 4.69) is 21.2 Å². The lowest BCUT2D eigenvalue weighted by atomic mass is 10.1. The van der Waals surface area contributed by atoms with Gasteiger partial charge in [0, 0.05) is 6.54 Å². The first-order chi connectivity index (χ1) is 9.47. The fourth-order valence-corrected chi connectivity index (χ4v) is 2.16. The van der Waals surface area contributed by atoms with E-state index in [1.807, 2.05) is 26.0 Å². The Balaban J connectivity index is 2.65. The zero-order valence-electron chi connectivity index (χ0n) is 12.2. The van der Waals surface area contributed by atoms with Crippen LogP contribution in [0.1, 0.15) is 19.4 Å². The van der Waals surface area contributed by atoms with E-state index in [0.29, 0.717) is 13.0 Å². The maximum atomic E-state index is 11.4. The zero-order valence-corrected chi connectivity index (χ0v) is 13.7. The molecule has 1 aromatic rings. The molecule has 5 nitrogen and oxygen atoms in total. The van der Waals surface area contributed by atoms with E-state index in [9.17, 15) is 4.79 Å². The van der Waals surface area contributed by atoms with Crippen molar-refractivity contribution in [2.45, 2.75) is 26.4 Å². The first-order valence-electron chi connectivity index (χ1n) is 6.32. The third-order valence-electron chi connectivity index (χ3n) is 2.56. The fraction of sp³-hybridized carbons (Fsp3) is 0.500. The average molecular weight is 346 g/mol. The molecule has 0 aliphatic carbocycles. The molecule has 0 fully saturated rings. The lowest BCUT2D eigenvalue weighted by molar-refractivity contribution is 0.116. The number of hydrogen-bond acceptors (Lipinski definition) is 4. The van der Waals surface area contributed by atoms with Gasteiger partial charge in [-0.2, -0.15) is 0 Å². The third kappa shape index (κ3) is 4.92. The summed E-state index contributed by atoms with van der Waals surface area (Å²) in [6.07, 6.45) is 0.0837. The largest absolute Gasteiger partial charge is 0.496 e. The lowest BCUT2D eigenvalue weighted by Gasteiger charge is -2.13. The van der Waals surface area contributed by atoms with Crippen LogP contribution in [0.5, 0.6) is 11.5 Å². The van der Waals surface area contributed by atoms with E-state index in [1.54, 1.807) is 14.2 Å². The molecule has 112 valence electrons. The van der Waals surface area contributed by atoms with Gasteiger partial charge >= 0.3 is 6.09 Å².